The predicted molar refractivity (Wildman–Crippen MR) is 119 cm³/mol. The molecule has 1 fully saturated rings. The molecule has 0 saturated carbocycles. The zero-order chi connectivity index (χ0) is 21.1. The maximum absolute atomic E-state index is 13.0. The number of ketones is 1. The van der Waals surface area contributed by atoms with Gasteiger partial charge in [0, 0.05) is 36.0 Å². The van der Waals surface area contributed by atoms with Crippen molar-refractivity contribution in [1.82, 2.24) is 4.90 Å². The van der Waals surface area contributed by atoms with E-state index in [1.54, 1.807) is 12.1 Å². The van der Waals surface area contributed by atoms with Gasteiger partial charge in [-0.25, -0.2) is 4.39 Å². The number of carbonyl (C=O) groups is 2. The van der Waals surface area contributed by atoms with Crippen molar-refractivity contribution in [2.75, 3.05) is 36.4 Å². The zero-order valence-electron chi connectivity index (χ0n) is 16.8. The van der Waals surface area contributed by atoms with Crippen LogP contribution in [0.25, 0.3) is 0 Å². The molecule has 1 saturated heterocycles. The standard InChI is InChI=1S/C23H26FN3O2S/c24-17-8-6-16(7-9-17)20(28)4-2-12-26-13-10-18(11-14-26)27-15-22(29)25-19-3-1-5-21(30)23(19)27/h1,3,5-9,18,30H,2,4,10-15H2,(H,25,29). The number of carbonyl (C=O) groups excluding carboxylic acids is 2. The summed E-state index contributed by atoms with van der Waals surface area (Å²) in [5, 5.41) is 2.94. The molecule has 7 heteroatoms. The fourth-order valence-electron chi connectivity index (χ4n) is 4.37. The number of rotatable bonds is 6. The minimum atomic E-state index is -0.326. The number of Topliss-reactive ketones (excluding diaryl/α,β-unsaturated/α-hetero) is 1. The Kier molecular flexibility index (Phi) is 6.39. The molecule has 0 aliphatic carbocycles. The maximum atomic E-state index is 13.0. The van der Waals surface area contributed by atoms with Gasteiger partial charge in [0.05, 0.1) is 17.9 Å². The monoisotopic (exact) mass is 427 g/mol. The number of nitrogens with one attached hydrogen (secondary N) is 1. The summed E-state index contributed by atoms with van der Waals surface area (Å²) >= 11 is 4.61. The van der Waals surface area contributed by atoms with E-state index in [0.717, 1.165) is 55.2 Å². The summed E-state index contributed by atoms with van der Waals surface area (Å²) in [6.07, 6.45) is 3.20. The van der Waals surface area contributed by atoms with Crippen LogP contribution in [-0.4, -0.2) is 48.8 Å². The summed E-state index contributed by atoms with van der Waals surface area (Å²) in [6, 6.07) is 11.8. The molecular formula is C23H26FN3O2S. The molecule has 1 amide bonds. The Morgan fingerprint density at radius 3 is 2.60 bits per heavy atom. The van der Waals surface area contributed by atoms with Crippen LogP contribution in [0, 0.1) is 5.82 Å². The number of likely N-dealkylation sites (tertiary alicyclic amines) is 1. The van der Waals surface area contributed by atoms with Crippen LogP contribution < -0.4 is 10.2 Å². The first-order valence-electron chi connectivity index (χ1n) is 10.4. The lowest BCUT2D eigenvalue weighted by Crippen LogP contribution is -2.50. The normalized spacial score (nSPS) is 17.5. The van der Waals surface area contributed by atoms with Gasteiger partial charge in [-0.2, -0.15) is 0 Å². The second kappa shape index (κ2) is 9.18. The summed E-state index contributed by atoms with van der Waals surface area (Å²) in [4.78, 5) is 29.9. The average Bonchev–Trinajstić information content (AvgIpc) is 2.74. The van der Waals surface area contributed by atoms with Crippen LogP contribution in [0.4, 0.5) is 15.8 Å². The summed E-state index contributed by atoms with van der Waals surface area (Å²) in [5.74, 6) is -0.251. The van der Waals surface area contributed by atoms with Crippen molar-refractivity contribution in [2.45, 2.75) is 36.6 Å². The Morgan fingerprint density at radius 2 is 1.87 bits per heavy atom. The van der Waals surface area contributed by atoms with Crippen LogP contribution in [0.5, 0.6) is 0 Å². The predicted octanol–water partition coefficient (Wildman–Crippen LogP) is 4.00. The van der Waals surface area contributed by atoms with Gasteiger partial charge in [0.15, 0.2) is 5.78 Å². The van der Waals surface area contributed by atoms with Crippen LogP contribution >= 0.6 is 12.6 Å². The second-order valence-electron chi connectivity index (χ2n) is 7.96. The first kappa shape index (κ1) is 20.9. The maximum Gasteiger partial charge on any atom is 0.243 e. The quantitative estimate of drug-likeness (QED) is 0.541. The summed E-state index contributed by atoms with van der Waals surface area (Å²) in [5.41, 5.74) is 2.42. The summed E-state index contributed by atoms with van der Waals surface area (Å²) in [6.45, 7) is 3.12. The number of benzene rings is 2. The highest BCUT2D eigenvalue weighted by Crippen LogP contribution is 2.38. The molecule has 2 aromatic carbocycles. The summed E-state index contributed by atoms with van der Waals surface area (Å²) < 4.78 is 13.0. The lowest BCUT2D eigenvalue weighted by Gasteiger charge is -2.42. The Hall–Kier alpha value is -2.38. The minimum Gasteiger partial charge on any atom is -0.357 e. The van der Waals surface area contributed by atoms with E-state index in [9.17, 15) is 14.0 Å². The largest absolute Gasteiger partial charge is 0.357 e. The molecule has 2 heterocycles. The van der Waals surface area contributed by atoms with Gasteiger partial charge in [-0.05, 0) is 62.2 Å². The number of thiol groups is 1. The molecule has 0 unspecified atom stereocenters. The molecule has 158 valence electrons. The third-order valence-corrected chi connectivity index (χ3v) is 6.29. The van der Waals surface area contributed by atoms with E-state index in [1.807, 2.05) is 18.2 Å². The van der Waals surface area contributed by atoms with E-state index in [1.165, 1.54) is 12.1 Å². The number of halogens is 1. The van der Waals surface area contributed by atoms with Crippen molar-refractivity contribution in [3.8, 4) is 0 Å². The molecule has 1 N–H and O–H groups in total. The van der Waals surface area contributed by atoms with Gasteiger partial charge in [-0.3, -0.25) is 9.59 Å². The third-order valence-electron chi connectivity index (χ3n) is 5.93. The lowest BCUT2D eigenvalue weighted by atomic mass is 10.00. The van der Waals surface area contributed by atoms with Gasteiger partial charge in [0.25, 0.3) is 0 Å². The zero-order valence-corrected chi connectivity index (χ0v) is 17.7. The van der Waals surface area contributed by atoms with Crippen molar-refractivity contribution >= 4 is 35.7 Å². The minimum absolute atomic E-state index is 0.0168. The van der Waals surface area contributed by atoms with Gasteiger partial charge in [-0.1, -0.05) is 6.07 Å². The van der Waals surface area contributed by atoms with Gasteiger partial charge < -0.3 is 15.1 Å². The molecule has 0 bridgehead atoms. The lowest BCUT2D eigenvalue weighted by molar-refractivity contribution is -0.115. The fraction of sp³-hybridized carbons (Fsp3) is 0.391. The molecule has 0 aromatic heterocycles. The highest BCUT2D eigenvalue weighted by molar-refractivity contribution is 7.80. The second-order valence-corrected chi connectivity index (χ2v) is 8.44. The van der Waals surface area contributed by atoms with E-state index in [2.05, 4.69) is 27.7 Å². The number of nitrogens with zero attached hydrogens (tertiary/aromatic N) is 2. The first-order chi connectivity index (χ1) is 14.5. The van der Waals surface area contributed by atoms with Gasteiger partial charge in [0.2, 0.25) is 5.91 Å². The average molecular weight is 428 g/mol. The number of hydrogen-bond donors (Lipinski definition) is 2. The Balaban J connectivity index is 1.28. The van der Waals surface area contributed by atoms with Gasteiger partial charge in [-0.15, -0.1) is 12.6 Å². The molecule has 0 spiro atoms. The Bertz CT molecular complexity index is 927. The number of piperidine rings is 1. The Morgan fingerprint density at radius 1 is 1.13 bits per heavy atom. The van der Waals surface area contributed by atoms with Gasteiger partial charge >= 0.3 is 0 Å². The SMILES string of the molecule is O=C1CN(C2CCN(CCCC(=O)c3ccc(F)cc3)CC2)c2c(S)cccc2N1. The van der Waals surface area contributed by atoms with E-state index in [0.29, 0.717) is 24.6 Å². The Labute approximate surface area is 181 Å². The van der Waals surface area contributed by atoms with Crippen LogP contribution in [0.15, 0.2) is 47.4 Å². The first-order valence-corrected chi connectivity index (χ1v) is 10.9. The van der Waals surface area contributed by atoms with Crippen molar-refractivity contribution < 1.29 is 14.0 Å². The molecular weight excluding hydrogens is 401 g/mol. The molecule has 2 aromatic rings. The number of anilines is 2. The van der Waals surface area contributed by atoms with E-state index < -0.39 is 0 Å². The van der Waals surface area contributed by atoms with Crippen molar-refractivity contribution in [1.29, 1.82) is 0 Å². The molecule has 0 radical (unpaired) electrons. The topological polar surface area (TPSA) is 52.7 Å². The van der Waals surface area contributed by atoms with Crippen LogP contribution in [-0.2, 0) is 4.79 Å². The van der Waals surface area contributed by atoms with Crippen LogP contribution in [0.1, 0.15) is 36.0 Å². The molecule has 2 aliphatic rings. The molecule has 2 aliphatic heterocycles. The highest BCUT2D eigenvalue weighted by Gasteiger charge is 2.31. The van der Waals surface area contributed by atoms with Crippen molar-refractivity contribution in [2.24, 2.45) is 0 Å². The van der Waals surface area contributed by atoms with E-state index in [-0.39, 0.29) is 17.5 Å². The number of hydrogen-bond acceptors (Lipinski definition) is 5. The van der Waals surface area contributed by atoms with Crippen molar-refractivity contribution in [3.63, 3.8) is 0 Å². The van der Waals surface area contributed by atoms with Crippen molar-refractivity contribution in [3.05, 3.63) is 53.8 Å². The van der Waals surface area contributed by atoms with E-state index in [4.69, 9.17) is 0 Å². The fourth-order valence-corrected chi connectivity index (χ4v) is 4.70. The smallest absolute Gasteiger partial charge is 0.243 e. The molecule has 30 heavy (non-hydrogen) atoms. The van der Waals surface area contributed by atoms with Crippen LogP contribution in [0.3, 0.4) is 0 Å². The third kappa shape index (κ3) is 4.68. The summed E-state index contributed by atoms with van der Waals surface area (Å²) in [7, 11) is 0. The van der Waals surface area contributed by atoms with Gasteiger partial charge in [0.1, 0.15) is 5.82 Å². The number of fused-ring (bicyclic) bond motifs is 1. The van der Waals surface area contributed by atoms with Crippen LogP contribution in [0.2, 0.25) is 0 Å². The van der Waals surface area contributed by atoms with E-state index >= 15 is 0 Å². The molecule has 5 nitrogen and oxygen atoms in total. The highest BCUT2D eigenvalue weighted by atomic mass is 32.1. The number of para-hydroxylation sites is 1. The molecule has 0 atom stereocenters. The molecule has 4 rings (SSSR count). The number of amides is 1.